The molecule has 3 aromatic rings. The van der Waals surface area contributed by atoms with Crippen LogP contribution in [0, 0.1) is 11.6 Å². The first kappa shape index (κ1) is 22.9. The third kappa shape index (κ3) is 4.09. The van der Waals surface area contributed by atoms with Crippen molar-refractivity contribution in [2.45, 2.75) is 37.3 Å². The minimum Gasteiger partial charge on any atom is -0.482 e. The van der Waals surface area contributed by atoms with Gasteiger partial charge in [-0.15, -0.1) is 0 Å². The van der Waals surface area contributed by atoms with E-state index in [4.69, 9.17) is 31.5 Å². The van der Waals surface area contributed by atoms with Crippen LogP contribution in [0.25, 0.3) is 11.1 Å². The highest BCUT2D eigenvalue weighted by Crippen LogP contribution is 2.38. The van der Waals surface area contributed by atoms with Crippen LogP contribution in [-0.4, -0.2) is 46.6 Å². The number of nitrogens with two attached hydrogens (primary N) is 1. The fourth-order valence-electron chi connectivity index (χ4n) is 4.40. The van der Waals surface area contributed by atoms with Gasteiger partial charge in [0.15, 0.2) is 11.6 Å². The second kappa shape index (κ2) is 9.07. The topological polar surface area (TPSA) is 99.7 Å². The number of hydrogen-bond donors (Lipinski definition) is 2. The van der Waals surface area contributed by atoms with Crippen LogP contribution in [0.3, 0.4) is 0 Å². The Bertz CT molecular complexity index is 1210. The van der Waals surface area contributed by atoms with Crippen molar-refractivity contribution >= 4 is 17.4 Å². The zero-order chi connectivity index (χ0) is 24.0. The number of benzene rings is 1. The maximum absolute atomic E-state index is 14.3. The smallest absolute Gasteiger partial charge is 0.166 e. The Morgan fingerprint density at radius 2 is 1.79 bits per heavy atom. The third-order valence-corrected chi connectivity index (χ3v) is 6.58. The summed E-state index contributed by atoms with van der Waals surface area (Å²) in [5, 5.41) is 9.60. The summed E-state index contributed by atoms with van der Waals surface area (Å²) in [6.07, 6.45) is 1.18. The lowest BCUT2D eigenvalue weighted by molar-refractivity contribution is 0.0181. The first-order valence-electron chi connectivity index (χ1n) is 10.8. The minimum atomic E-state index is -0.917. The maximum atomic E-state index is 14.3. The van der Waals surface area contributed by atoms with Crippen molar-refractivity contribution in [3.8, 4) is 16.9 Å². The predicted octanol–water partition coefficient (Wildman–Crippen LogP) is 4.04. The van der Waals surface area contributed by atoms with E-state index >= 15 is 0 Å². The molecule has 0 saturated carbocycles. The number of fused-ring (bicyclic) bond motifs is 1. The van der Waals surface area contributed by atoms with E-state index in [2.05, 4.69) is 9.97 Å². The van der Waals surface area contributed by atoms with E-state index in [0.29, 0.717) is 12.2 Å². The lowest BCUT2D eigenvalue weighted by Crippen LogP contribution is -2.28. The van der Waals surface area contributed by atoms with Crippen LogP contribution in [0.5, 0.6) is 5.75 Å². The highest BCUT2D eigenvalue weighted by atomic mass is 35.5. The lowest BCUT2D eigenvalue weighted by atomic mass is 9.96. The summed E-state index contributed by atoms with van der Waals surface area (Å²) in [5.41, 5.74) is 8.10. The molecule has 10 heteroatoms. The van der Waals surface area contributed by atoms with Gasteiger partial charge in [0.1, 0.15) is 29.9 Å². The number of nitrogen functional groups attached to an aromatic ring is 1. The Morgan fingerprint density at radius 3 is 2.56 bits per heavy atom. The minimum absolute atomic E-state index is 0.0635. The Morgan fingerprint density at radius 1 is 1.06 bits per heavy atom. The first-order chi connectivity index (χ1) is 16.3. The summed E-state index contributed by atoms with van der Waals surface area (Å²) in [4.78, 5) is 8.74. The number of nitrogens with zero attached hydrogens (tertiary/aromatic N) is 2. The molecule has 4 heterocycles. The summed E-state index contributed by atoms with van der Waals surface area (Å²) in [7, 11) is 0. The molecule has 2 fully saturated rings. The molecule has 0 aliphatic carbocycles. The van der Waals surface area contributed by atoms with Crippen molar-refractivity contribution in [2.75, 3.05) is 18.9 Å². The van der Waals surface area contributed by atoms with Crippen molar-refractivity contribution < 1.29 is 28.1 Å². The van der Waals surface area contributed by atoms with Gasteiger partial charge in [-0.25, -0.2) is 13.8 Å². The molecule has 3 N–H and O–H groups in total. The van der Waals surface area contributed by atoms with Crippen LogP contribution < -0.4 is 10.5 Å². The van der Waals surface area contributed by atoms with Gasteiger partial charge in [-0.1, -0.05) is 17.7 Å². The van der Waals surface area contributed by atoms with E-state index in [1.807, 2.05) is 12.1 Å². The fraction of sp³-hybridized carbons (Fsp3) is 0.333. The van der Waals surface area contributed by atoms with Gasteiger partial charge in [-0.05, 0) is 31.2 Å². The fourth-order valence-corrected chi connectivity index (χ4v) is 4.71. The van der Waals surface area contributed by atoms with Gasteiger partial charge in [0.25, 0.3) is 0 Å². The molecule has 0 spiro atoms. The van der Waals surface area contributed by atoms with Gasteiger partial charge in [-0.2, -0.15) is 0 Å². The van der Waals surface area contributed by atoms with Gasteiger partial charge >= 0.3 is 0 Å². The van der Waals surface area contributed by atoms with Crippen molar-refractivity contribution in [1.82, 2.24) is 9.97 Å². The van der Waals surface area contributed by atoms with Crippen LogP contribution in [0.4, 0.5) is 14.6 Å². The standard InChI is InChI=1S/C24H22ClF2N3O4/c1-11(20-15(26)3-4-16(27)21(20)25)34-19-6-13(8-30-24(19)28)12-2-5-17(29-7-12)14-9-32-23-18(31)10-33-22(14)23/h2-8,11,14,18,22-23,31H,9-10H2,1H3,(H2,28,30)/t11?,14?,18-,22-,23-/m1/s1. The Balaban J connectivity index is 1.36. The summed E-state index contributed by atoms with van der Waals surface area (Å²) in [6.45, 7) is 2.23. The molecule has 34 heavy (non-hydrogen) atoms. The molecule has 5 atom stereocenters. The van der Waals surface area contributed by atoms with E-state index in [1.54, 1.807) is 25.4 Å². The molecule has 0 bridgehead atoms. The molecule has 2 aliphatic heterocycles. The second-order valence-corrected chi connectivity index (χ2v) is 8.74. The highest BCUT2D eigenvalue weighted by Gasteiger charge is 2.48. The normalized spacial score (nSPS) is 24.7. The number of aliphatic hydroxyl groups is 1. The second-order valence-electron chi connectivity index (χ2n) is 8.37. The SMILES string of the molecule is CC(Oc1cc(-c2ccc(C3CO[C@@H]4[C@H](O)CO[C@H]34)nc2)cnc1N)c1c(F)ccc(F)c1Cl. The molecule has 0 radical (unpaired) electrons. The number of rotatable bonds is 5. The van der Waals surface area contributed by atoms with Crippen LogP contribution in [0.15, 0.2) is 42.7 Å². The van der Waals surface area contributed by atoms with Crippen molar-refractivity contribution in [3.05, 3.63) is 70.6 Å². The van der Waals surface area contributed by atoms with E-state index in [-0.39, 0.29) is 46.9 Å². The molecular formula is C24H22ClF2N3O4. The van der Waals surface area contributed by atoms with E-state index < -0.39 is 23.8 Å². The number of pyridine rings is 2. The third-order valence-electron chi connectivity index (χ3n) is 6.20. The molecule has 2 aliphatic rings. The van der Waals surface area contributed by atoms with Crippen LogP contribution in [-0.2, 0) is 9.47 Å². The van der Waals surface area contributed by atoms with E-state index in [1.165, 1.54) is 0 Å². The molecule has 2 aromatic heterocycles. The average Bonchev–Trinajstić information content (AvgIpc) is 3.41. The zero-order valence-electron chi connectivity index (χ0n) is 18.1. The molecule has 5 rings (SSSR count). The number of ether oxygens (including phenoxy) is 3. The van der Waals surface area contributed by atoms with Crippen molar-refractivity contribution in [2.24, 2.45) is 0 Å². The van der Waals surface area contributed by atoms with Crippen LogP contribution in [0.1, 0.15) is 30.2 Å². The Hall–Kier alpha value is -2.85. The summed E-state index contributed by atoms with van der Waals surface area (Å²) >= 11 is 5.95. The molecule has 7 nitrogen and oxygen atoms in total. The van der Waals surface area contributed by atoms with Gasteiger partial charge in [0.05, 0.1) is 30.3 Å². The van der Waals surface area contributed by atoms with Gasteiger partial charge < -0.3 is 25.1 Å². The largest absolute Gasteiger partial charge is 0.482 e. The number of hydrogen-bond acceptors (Lipinski definition) is 7. The zero-order valence-corrected chi connectivity index (χ0v) is 18.9. The lowest BCUT2D eigenvalue weighted by Gasteiger charge is -2.19. The number of halogens is 3. The number of aliphatic hydroxyl groups excluding tert-OH is 1. The molecule has 0 amide bonds. The Labute approximate surface area is 199 Å². The molecule has 1 aromatic carbocycles. The van der Waals surface area contributed by atoms with E-state index in [0.717, 1.165) is 23.4 Å². The highest BCUT2D eigenvalue weighted by molar-refractivity contribution is 6.31. The average molecular weight is 490 g/mol. The van der Waals surface area contributed by atoms with Gasteiger partial charge in [-0.3, -0.25) is 4.98 Å². The number of aromatic nitrogens is 2. The molecule has 2 saturated heterocycles. The van der Waals surface area contributed by atoms with Gasteiger partial charge in [0.2, 0.25) is 0 Å². The number of anilines is 1. The van der Waals surface area contributed by atoms with Crippen molar-refractivity contribution in [3.63, 3.8) is 0 Å². The first-order valence-corrected chi connectivity index (χ1v) is 11.1. The molecular weight excluding hydrogens is 468 g/mol. The van der Waals surface area contributed by atoms with Gasteiger partial charge in [0, 0.05) is 34.8 Å². The Kier molecular flexibility index (Phi) is 6.11. The quantitative estimate of drug-likeness (QED) is 0.522. The van der Waals surface area contributed by atoms with E-state index in [9.17, 15) is 13.9 Å². The van der Waals surface area contributed by atoms with Crippen LogP contribution >= 0.6 is 11.6 Å². The molecule has 2 unspecified atom stereocenters. The summed E-state index contributed by atoms with van der Waals surface area (Å²) in [5.74, 6) is -1.19. The monoisotopic (exact) mass is 489 g/mol. The predicted molar refractivity (Wildman–Crippen MR) is 121 cm³/mol. The van der Waals surface area contributed by atoms with Crippen molar-refractivity contribution in [1.29, 1.82) is 0 Å². The van der Waals surface area contributed by atoms with Crippen LogP contribution in [0.2, 0.25) is 5.02 Å². The summed E-state index contributed by atoms with van der Waals surface area (Å²) in [6, 6.07) is 7.37. The maximum Gasteiger partial charge on any atom is 0.166 e. The molecule has 178 valence electrons. The summed E-state index contributed by atoms with van der Waals surface area (Å²) < 4.78 is 45.3.